The maximum atomic E-state index is 12.3. The van der Waals surface area contributed by atoms with Crippen molar-refractivity contribution in [2.45, 2.75) is 12.4 Å². The van der Waals surface area contributed by atoms with Crippen molar-refractivity contribution in [2.75, 3.05) is 6.61 Å². The van der Waals surface area contributed by atoms with Crippen molar-refractivity contribution in [2.24, 2.45) is 0 Å². The molecule has 1 heterocycles. The third-order valence-corrected chi connectivity index (χ3v) is 1.70. The highest BCUT2D eigenvalue weighted by Crippen LogP contribution is 2.35. The highest BCUT2D eigenvalue weighted by Gasteiger charge is 2.39. The van der Waals surface area contributed by atoms with Crippen LogP contribution in [0.4, 0.5) is 26.3 Å². The fourth-order valence-electron chi connectivity index (χ4n) is 1.01. The number of aromatic nitrogens is 1. The minimum absolute atomic E-state index is 0.195. The average Bonchev–Trinajstić information content (AvgIpc) is 2.23. The minimum Gasteiger partial charge on any atom is -0.486 e. The molecule has 0 aliphatic heterocycles. The molecule has 0 amide bonds. The van der Waals surface area contributed by atoms with Crippen molar-refractivity contribution < 1.29 is 35.9 Å². The molecule has 0 atom stereocenters. The van der Waals surface area contributed by atoms with Gasteiger partial charge in [-0.1, -0.05) is 0 Å². The molecule has 1 aromatic rings. The van der Waals surface area contributed by atoms with E-state index >= 15 is 0 Å². The normalized spacial score (nSPS) is 12.3. The lowest BCUT2D eigenvalue weighted by Crippen LogP contribution is -2.15. The Balaban J connectivity index is 3.24. The van der Waals surface area contributed by atoms with Crippen LogP contribution in [0.3, 0.4) is 0 Å². The van der Waals surface area contributed by atoms with Gasteiger partial charge in [-0.15, -0.1) is 0 Å². The van der Waals surface area contributed by atoms with Crippen LogP contribution in [0.15, 0.2) is 12.1 Å². The number of alkyl halides is 6. The second-order valence-electron chi connectivity index (χ2n) is 3.05. The van der Waals surface area contributed by atoms with Crippen molar-refractivity contribution in [1.29, 1.82) is 0 Å². The summed E-state index contributed by atoms with van der Waals surface area (Å²) >= 11 is 0. The molecule has 100 valence electrons. The Kier molecular flexibility index (Phi) is 3.82. The summed E-state index contributed by atoms with van der Waals surface area (Å²) in [5, 5.41) is 0. The molecular formula is C9H5F6NO2. The van der Waals surface area contributed by atoms with E-state index in [2.05, 4.69) is 9.72 Å². The van der Waals surface area contributed by atoms with Crippen LogP contribution in [0.5, 0.6) is 5.75 Å². The number of hydrogen-bond donors (Lipinski definition) is 0. The average molecular weight is 273 g/mol. The Morgan fingerprint density at radius 1 is 1.06 bits per heavy atom. The first-order chi connectivity index (χ1) is 8.14. The van der Waals surface area contributed by atoms with Crippen LogP contribution < -0.4 is 4.74 Å². The van der Waals surface area contributed by atoms with E-state index in [0.717, 1.165) is 0 Å². The van der Waals surface area contributed by atoms with Gasteiger partial charge in [0, 0.05) is 12.1 Å². The van der Waals surface area contributed by atoms with Crippen LogP contribution in [0, 0.1) is 0 Å². The number of pyridine rings is 1. The van der Waals surface area contributed by atoms with Crippen molar-refractivity contribution in [1.82, 2.24) is 4.98 Å². The topological polar surface area (TPSA) is 39.2 Å². The predicted molar refractivity (Wildman–Crippen MR) is 45.8 cm³/mol. The number of aldehydes is 1. The van der Waals surface area contributed by atoms with Crippen LogP contribution in [-0.4, -0.2) is 17.9 Å². The first kappa shape index (κ1) is 14.3. The smallest absolute Gasteiger partial charge is 0.433 e. The van der Waals surface area contributed by atoms with Crippen LogP contribution in [0.25, 0.3) is 0 Å². The molecule has 1 aromatic heterocycles. The molecule has 0 spiro atoms. The molecule has 0 aromatic carbocycles. The Hall–Kier alpha value is -1.80. The summed E-state index contributed by atoms with van der Waals surface area (Å²) in [4.78, 5) is 12.4. The van der Waals surface area contributed by atoms with Crippen LogP contribution >= 0.6 is 0 Å². The lowest BCUT2D eigenvalue weighted by atomic mass is 10.2. The maximum absolute atomic E-state index is 12.3. The van der Waals surface area contributed by atoms with Crippen molar-refractivity contribution in [3.63, 3.8) is 0 Å². The number of rotatable bonds is 3. The van der Waals surface area contributed by atoms with E-state index < -0.39 is 36.1 Å². The first-order valence-corrected chi connectivity index (χ1v) is 4.37. The number of ether oxygens (including phenoxy) is 1. The molecule has 0 saturated carbocycles. The van der Waals surface area contributed by atoms with Crippen molar-refractivity contribution in [3.8, 4) is 5.75 Å². The van der Waals surface area contributed by atoms with Crippen LogP contribution in [0.1, 0.15) is 11.4 Å². The molecule has 0 unspecified atom stereocenters. The standard InChI is InChI=1S/C9H5F6NO2/c10-8(11,12)6-3-5(18-2-1-17)4-7(16-6)9(13,14)15/h1,3-4H,2H2. The lowest BCUT2D eigenvalue weighted by Gasteiger charge is -2.12. The number of carbonyl (C=O) groups is 1. The molecule has 0 bridgehead atoms. The quantitative estimate of drug-likeness (QED) is 0.628. The molecule has 1 rings (SSSR count). The van der Waals surface area contributed by atoms with E-state index in [4.69, 9.17) is 0 Å². The fraction of sp³-hybridized carbons (Fsp3) is 0.333. The van der Waals surface area contributed by atoms with Gasteiger partial charge >= 0.3 is 12.4 Å². The summed E-state index contributed by atoms with van der Waals surface area (Å²) in [6, 6.07) is 0.581. The highest BCUT2D eigenvalue weighted by atomic mass is 19.4. The molecule has 0 radical (unpaired) electrons. The molecular weight excluding hydrogens is 268 g/mol. The van der Waals surface area contributed by atoms with Gasteiger partial charge in [0.2, 0.25) is 0 Å². The zero-order chi connectivity index (χ0) is 14.0. The van der Waals surface area contributed by atoms with Gasteiger partial charge in [0.15, 0.2) is 6.29 Å². The van der Waals surface area contributed by atoms with Crippen molar-refractivity contribution in [3.05, 3.63) is 23.5 Å². The zero-order valence-electron chi connectivity index (χ0n) is 8.47. The SMILES string of the molecule is O=CCOc1cc(C(F)(F)F)nc(C(F)(F)F)c1. The van der Waals surface area contributed by atoms with Crippen LogP contribution in [-0.2, 0) is 17.1 Å². The number of hydrogen-bond acceptors (Lipinski definition) is 3. The van der Waals surface area contributed by atoms with E-state index in [1.165, 1.54) is 0 Å². The second kappa shape index (κ2) is 4.83. The van der Waals surface area contributed by atoms with E-state index in [0.29, 0.717) is 12.1 Å². The maximum Gasteiger partial charge on any atom is 0.433 e. The van der Waals surface area contributed by atoms with E-state index in [9.17, 15) is 31.1 Å². The monoisotopic (exact) mass is 273 g/mol. The number of halogens is 6. The molecule has 3 nitrogen and oxygen atoms in total. The molecule has 0 aliphatic rings. The number of nitrogens with zero attached hydrogens (tertiary/aromatic N) is 1. The molecule has 9 heteroatoms. The Labute approximate surface area is 96.4 Å². The van der Waals surface area contributed by atoms with Gasteiger partial charge in [0.05, 0.1) is 0 Å². The predicted octanol–water partition coefficient (Wildman–Crippen LogP) is 2.70. The molecule has 18 heavy (non-hydrogen) atoms. The Bertz CT molecular complexity index is 407. The summed E-state index contributed by atoms with van der Waals surface area (Å²) in [7, 11) is 0. The molecule has 0 saturated heterocycles. The van der Waals surface area contributed by atoms with Gasteiger partial charge < -0.3 is 4.74 Å². The Morgan fingerprint density at radius 2 is 1.50 bits per heavy atom. The molecule has 0 aliphatic carbocycles. The van der Waals surface area contributed by atoms with Gasteiger partial charge in [-0.3, -0.25) is 4.79 Å². The van der Waals surface area contributed by atoms with E-state index in [1.54, 1.807) is 0 Å². The lowest BCUT2D eigenvalue weighted by molar-refractivity contribution is -0.150. The van der Waals surface area contributed by atoms with Gasteiger partial charge in [0.25, 0.3) is 0 Å². The summed E-state index contributed by atoms with van der Waals surface area (Å²) in [6.07, 6.45) is -9.89. The number of carbonyl (C=O) groups excluding carboxylic acids is 1. The third-order valence-electron chi connectivity index (χ3n) is 1.70. The third kappa shape index (κ3) is 3.60. The largest absolute Gasteiger partial charge is 0.486 e. The van der Waals surface area contributed by atoms with E-state index in [-0.39, 0.29) is 6.29 Å². The minimum atomic E-state index is -5.04. The van der Waals surface area contributed by atoms with Gasteiger partial charge in [0.1, 0.15) is 23.7 Å². The molecule has 0 fully saturated rings. The van der Waals surface area contributed by atoms with Gasteiger partial charge in [-0.2, -0.15) is 26.3 Å². The van der Waals surface area contributed by atoms with Gasteiger partial charge in [-0.25, -0.2) is 4.98 Å². The fourth-order valence-corrected chi connectivity index (χ4v) is 1.01. The van der Waals surface area contributed by atoms with E-state index in [1.807, 2.05) is 0 Å². The zero-order valence-corrected chi connectivity index (χ0v) is 8.47. The molecule has 0 N–H and O–H groups in total. The highest BCUT2D eigenvalue weighted by molar-refractivity contribution is 5.51. The summed E-state index contributed by atoms with van der Waals surface area (Å²) in [5.74, 6) is -0.725. The van der Waals surface area contributed by atoms with Gasteiger partial charge in [-0.05, 0) is 0 Å². The Morgan fingerprint density at radius 3 is 1.83 bits per heavy atom. The van der Waals surface area contributed by atoms with Crippen molar-refractivity contribution >= 4 is 6.29 Å². The first-order valence-electron chi connectivity index (χ1n) is 4.37. The second-order valence-corrected chi connectivity index (χ2v) is 3.05. The van der Waals surface area contributed by atoms with Crippen LogP contribution in [0.2, 0.25) is 0 Å². The summed E-state index contributed by atoms with van der Waals surface area (Å²) in [5.41, 5.74) is -3.48. The summed E-state index contributed by atoms with van der Waals surface area (Å²) in [6.45, 7) is -0.654. The summed E-state index contributed by atoms with van der Waals surface area (Å²) < 4.78 is 78.2.